The minimum absolute atomic E-state index is 0.133. The highest BCUT2D eigenvalue weighted by Gasteiger charge is 2.29. The number of ketones is 1. The normalized spacial score (nSPS) is 17.5. The van der Waals surface area contributed by atoms with Crippen molar-refractivity contribution in [1.82, 2.24) is 0 Å². The monoisotopic (exact) mass is 246 g/mol. The molecule has 0 fully saturated rings. The van der Waals surface area contributed by atoms with E-state index in [0.717, 1.165) is 0 Å². The first kappa shape index (κ1) is 12.0. The molecule has 1 aliphatic rings. The number of Topliss-reactive ketones (excluding diaryl/α,β-unsaturated/α-hetero) is 1. The van der Waals surface area contributed by atoms with Gasteiger partial charge in [0.2, 0.25) is 0 Å². The summed E-state index contributed by atoms with van der Waals surface area (Å²) in [5.74, 6) is -0.201. The Morgan fingerprint density at radius 2 is 2.33 bits per heavy atom. The second kappa shape index (κ2) is 4.84. The number of carbonyl (C=O) groups is 1. The van der Waals surface area contributed by atoms with E-state index >= 15 is 0 Å². The highest BCUT2D eigenvalue weighted by atomic mass is 16.6. The number of fused-ring (bicyclic) bond motifs is 1. The zero-order chi connectivity index (χ0) is 13.1. The zero-order valence-electron chi connectivity index (χ0n) is 9.46. The summed E-state index contributed by atoms with van der Waals surface area (Å²) in [5, 5.41) is 19.2. The largest absolute Gasteiger partial charge is 0.492 e. The van der Waals surface area contributed by atoms with Crippen LogP contribution < -0.4 is 4.74 Å². The van der Waals surface area contributed by atoms with E-state index in [1.807, 2.05) is 6.07 Å². The Morgan fingerprint density at radius 1 is 1.56 bits per heavy atom. The molecule has 0 bridgehead atoms. The quantitative estimate of drug-likeness (QED) is 0.601. The van der Waals surface area contributed by atoms with Crippen LogP contribution in [0.25, 0.3) is 0 Å². The lowest BCUT2D eigenvalue weighted by Crippen LogP contribution is -2.27. The van der Waals surface area contributed by atoms with Crippen molar-refractivity contribution in [2.45, 2.75) is 12.8 Å². The van der Waals surface area contributed by atoms with Crippen LogP contribution in [0.4, 0.5) is 5.69 Å². The Morgan fingerprint density at radius 3 is 3.00 bits per heavy atom. The van der Waals surface area contributed by atoms with Crippen LogP contribution in [0, 0.1) is 27.4 Å². The number of nitriles is 1. The van der Waals surface area contributed by atoms with Gasteiger partial charge < -0.3 is 4.74 Å². The molecule has 92 valence electrons. The molecule has 0 saturated carbocycles. The fourth-order valence-electron chi connectivity index (χ4n) is 1.89. The van der Waals surface area contributed by atoms with Crippen LogP contribution in [0.15, 0.2) is 18.2 Å². The van der Waals surface area contributed by atoms with Gasteiger partial charge in [0, 0.05) is 18.6 Å². The van der Waals surface area contributed by atoms with E-state index in [9.17, 15) is 14.9 Å². The molecule has 1 unspecified atom stereocenters. The van der Waals surface area contributed by atoms with Crippen LogP contribution in [0.3, 0.4) is 0 Å². The third-order valence-electron chi connectivity index (χ3n) is 2.85. The third-order valence-corrected chi connectivity index (χ3v) is 2.85. The molecule has 1 aromatic rings. The van der Waals surface area contributed by atoms with Crippen molar-refractivity contribution in [2.75, 3.05) is 6.61 Å². The van der Waals surface area contributed by atoms with E-state index < -0.39 is 4.92 Å². The van der Waals surface area contributed by atoms with E-state index in [2.05, 4.69) is 0 Å². The number of nitro groups is 1. The van der Waals surface area contributed by atoms with Gasteiger partial charge in [0.15, 0.2) is 5.78 Å². The highest BCUT2D eigenvalue weighted by molar-refractivity contribution is 6.01. The molecule has 1 aromatic carbocycles. The molecule has 0 aromatic heterocycles. The summed E-state index contributed by atoms with van der Waals surface area (Å²) < 4.78 is 5.39. The van der Waals surface area contributed by atoms with Gasteiger partial charge in [-0.3, -0.25) is 14.9 Å². The molecule has 0 spiro atoms. The van der Waals surface area contributed by atoms with Crippen molar-refractivity contribution < 1.29 is 14.5 Å². The van der Waals surface area contributed by atoms with Crippen molar-refractivity contribution in [2.24, 2.45) is 5.92 Å². The van der Waals surface area contributed by atoms with Gasteiger partial charge in [-0.2, -0.15) is 5.26 Å². The van der Waals surface area contributed by atoms with Crippen molar-refractivity contribution in [3.05, 3.63) is 33.9 Å². The fourth-order valence-corrected chi connectivity index (χ4v) is 1.89. The predicted molar refractivity (Wildman–Crippen MR) is 61.3 cm³/mol. The van der Waals surface area contributed by atoms with Crippen LogP contribution >= 0.6 is 0 Å². The summed E-state index contributed by atoms with van der Waals surface area (Å²) in [7, 11) is 0. The lowest BCUT2D eigenvalue weighted by molar-refractivity contribution is -0.384. The first-order valence-corrected chi connectivity index (χ1v) is 5.46. The highest BCUT2D eigenvalue weighted by Crippen LogP contribution is 2.31. The minimum Gasteiger partial charge on any atom is -0.492 e. The lowest BCUT2D eigenvalue weighted by atomic mass is 9.91. The molecular weight excluding hydrogens is 236 g/mol. The maximum Gasteiger partial charge on any atom is 0.270 e. The minimum atomic E-state index is -0.549. The first-order valence-electron chi connectivity index (χ1n) is 5.46. The van der Waals surface area contributed by atoms with Crippen LogP contribution in [-0.4, -0.2) is 17.3 Å². The van der Waals surface area contributed by atoms with Gasteiger partial charge in [0.1, 0.15) is 5.75 Å². The van der Waals surface area contributed by atoms with Crippen molar-refractivity contribution in [3.8, 4) is 11.8 Å². The maximum atomic E-state index is 12.1. The molecule has 1 atom stereocenters. The molecule has 0 radical (unpaired) electrons. The van der Waals surface area contributed by atoms with Crippen LogP contribution in [-0.2, 0) is 0 Å². The number of nitro benzene ring substituents is 1. The molecule has 0 aliphatic carbocycles. The Balaban J connectivity index is 2.30. The molecule has 1 aliphatic heterocycles. The third kappa shape index (κ3) is 2.15. The van der Waals surface area contributed by atoms with E-state index in [-0.39, 0.29) is 36.0 Å². The fraction of sp³-hybridized carbons (Fsp3) is 0.333. The zero-order valence-corrected chi connectivity index (χ0v) is 9.46. The number of carbonyl (C=O) groups excluding carboxylic acids is 1. The maximum absolute atomic E-state index is 12.1. The van der Waals surface area contributed by atoms with E-state index in [1.54, 1.807) is 0 Å². The summed E-state index contributed by atoms with van der Waals surface area (Å²) >= 11 is 0. The van der Waals surface area contributed by atoms with Gasteiger partial charge in [0.25, 0.3) is 5.69 Å². The molecule has 0 amide bonds. The molecule has 18 heavy (non-hydrogen) atoms. The Kier molecular flexibility index (Phi) is 3.24. The molecule has 6 heteroatoms. The SMILES string of the molecule is N#CCCC1COc2ccc([N+](=O)[O-])cc2C1=O. The van der Waals surface area contributed by atoms with Crippen molar-refractivity contribution in [3.63, 3.8) is 0 Å². The number of hydrogen-bond donors (Lipinski definition) is 0. The number of hydrogen-bond acceptors (Lipinski definition) is 5. The summed E-state index contributed by atoms with van der Waals surface area (Å²) in [4.78, 5) is 22.2. The summed E-state index contributed by atoms with van der Waals surface area (Å²) in [6, 6.07) is 5.95. The van der Waals surface area contributed by atoms with Crippen molar-refractivity contribution >= 4 is 11.5 Å². The molecular formula is C12H10N2O4. The molecule has 2 rings (SSSR count). The average molecular weight is 246 g/mol. The number of benzene rings is 1. The van der Waals surface area contributed by atoms with Crippen LogP contribution in [0.1, 0.15) is 23.2 Å². The average Bonchev–Trinajstić information content (AvgIpc) is 2.37. The van der Waals surface area contributed by atoms with Crippen LogP contribution in [0.5, 0.6) is 5.75 Å². The summed E-state index contributed by atoms with van der Waals surface area (Å²) in [5.41, 5.74) is 0.102. The summed E-state index contributed by atoms with van der Waals surface area (Å²) in [6.07, 6.45) is 0.682. The second-order valence-electron chi connectivity index (χ2n) is 4.01. The van der Waals surface area contributed by atoms with E-state index in [0.29, 0.717) is 12.2 Å². The molecule has 6 nitrogen and oxygen atoms in total. The molecule has 1 heterocycles. The first-order chi connectivity index (χ1) is 8.63. The predicted octanol–water partition coefficient (Wildman–Crippen LogP) is 2.09. The van der Waals surface area contributed by atoms with E-state index in [1.165, 1.54) is 18.2 Å². The van der Waals surface area contributed by atoms with Gasteiger partial charge in [-0.15, -0.1) is 0 Å². The number of non-ortho nitro benzene ring substituents is 1. The van der Waals surface area contributed by atoms with E-state index in [4.69, 9.17) is 10.00 Å². The van der Waals surface area contributed by atoms with Crippen LogP contribution in [0.2, 0.25) is 0 Å². The Bertz CT molecular complexity index is 547. The Labute approximate surface area is 103 Å². The molecule has 0 N–H and O–H groups in total. The standard InChI is InChI=1S/C12H10N2O4/c13-5-1-2-8-7-18-11-4-3-9(14(16)17)6-10(11)12(8)15/h3-4,6,8H,1-2,7H2. The van der Waals surface area contributed by atoms with Gasteiger partial charge in [-0.05, 0) is 12.5 Å². The Hall–Kier alpha value is -2.42. The number of rotatable bonds is 3. The van der Waals surface area contributed by atoms with Gasteiger partial charge in [-0.25, -0.2) is 0 Å². The lowest BCUT2D eigenvalue weighted by Gasteiger charge is -2.23. The van der Waals surface area contributed by atoms with Gasteiger partial charge in [-0.1, -0.05) is 0 Å². The summed E-state index contributed by atoms with van der Waals surface area (Å²) in [6.45, 7) is 0.228. The second-order valence-corrected chi connectivity index (χ2v) is 4.01. The van der Waals surface area contributed by atoms with Gasteiger partial charge >= 0.3 is 0 Å². The van der Waals surface area contributed by atoms with Gasteiger partial charge in [0.05, 0.1) is 29.1 Å². The number of nitrogens with zero attached hydrogens (tertiary/aromatic N) is 2. The van der Waals surface area contributed by atoms with Crippen molar-refractivity contribution in [1.29, 1.82) is 5.26 Å². The topological polar surface area (TPSA) is 93.2 Å². The molecule has 0 saturated heterocycles. The number of ether oxygens (including phenoxy) is 1. The smallest absolute Gasteiger partial charge is 0.270 e.